The van der Waals surface area contributed by atoms with Gasteiger partial charge in [-0.3, -0.25) is 4.79 Å². The van der Waals surface area contributed by atoms with Gasteiger partial charge in [0.25, 0.3) is 0 Å². The summed E-state index contributed by atoms with van der Waals surface area (Å²) in [6.45, 7) is 1.90. The Balaban J connectivity index is 2.44. The van der Waals surface area contributed by atoms with E-state index in [1.54, 1.807) is 0 Å². The molecular formula is C9H17NO4S. The van der Waals surface area contributed by atoms with Gasteiger partial charge in [0.05, 0.1) is 0 Å². The highest BCUT2D eigenvalue weighted by Gasteiger charge is 2.27. The van der Waals surface area contributed by atoms with Crippen LogP contribution in [0.1, 0.15) is 32.6 Å². The maximum absolute atomic E-state index is 11.3. The van der Waals surface area contributed by atoms with E-state index in [1.165, 1.54) is 0 Å². The Labute approximate surface area is 89.9 Å². The number of nitrogens with one attached hydrogen (secondary N) is 1. The van der Waals surface area contributed by atoms with Gasteiger partial charge >= 0.3 is 5.97 Å². The molecule has 0 bridgehead atoms. The van der Waals surface area contributed by atoms with Gasteiger partial charge in [0, 0.05) is 6.04 Å². The van der Waals surface area contributed by atoms with Crippen LogP contribution in [0.15, 0.2) is 0 Å². The Morgan fingerprint density at radius 2 is 2.13 bits per heavy atom. The normalized spacial score (nSPS) is 18.7. The predicted octanol–water partition coefficient (Wildman–Crippen LogP) is 0.569. The molecule has 6 heteroatoms. The van der Waals surface area contributed by atoms with Crippen LogP contribution in [0, 0.1) is 5.92 Å². The third-order valence-electron chi connectivity index (χ3n) is 2.47. The second-order valence-corrected chi connectivity index (χ2v) is 5.81. The Hall–Kier alpha value is -0.620. The molecule has 1 unspecified atom stereocenters. The van der Waals surface area contributed by atoms with Crippen LogP contribution < -0.4 is 4.72 Å². The topological polar surface area (TPSA) is 83.5 Å². The van der Waals surface area contributed by atoms with Crippen LogP contribution in [-0.2, 0) is 14.8 Å². The minimum atomic E-state index is -3.66. The minimum absolute atomic E-state index is 0.109. The van der Waals surface area contributed by atoms with Gasteiger partial charge in [-0.15, -0.1) is 0 Å². The lowest BCUT2D eigenvalue weighted by atomic mass is 10.1. The van der Waals surface area contributed by atoms with Gasteiger partial charge in [-0.1, -0.05) is 19.8 Å². The van der Waals surface area contributed by atoms with Gasteiger partial charge in [0.1, 0.15) is 0 Å². The van der Waals surface area contributed by atoms with Crippen molar-refractivity contribution in [1.29, 1.82) is 0 Å². The summed E-state index contributed by atoms with van der Waals surface area (Å²) in [6, 6.07) is -0.109. The van der Waals surface area contributed by atoms with Crippen LogP contribution in [0.5, 0.6) is 0 Å². The first-order chi connectivity index (χ1) is 6.93. The summed E-state index contributed by atoms with van der Waals surface area (Å²) in [5.74, 6) is -1.53. The van der Waals surface area contributed by atoms with Crippen molar-refractivity contribution >= 4 is 16.0 Å². The minimum Gasteiger partial charge on any atom is -0.480 e. The zero-order valence-corrected chi connectivity index (χ0v) is 9.59. The molecule has 0 amide bonds. The van der Waals surface area contributed by atoms with E-state index in [0.29, 0.717) is 12.3 Å². The first-order valence-electron chi connectivity index (χ1n) is 5.14. The first kappa shape index (κ1) is 12.4. The first-order valence-corrected chi connectivity index (χ1v) is 6.80. The van der Waals surface area contributed by atoms with Crippen LogP contribution in [0.3, 0.4) is 0 Å². The van der Waals surface area contributed by atoms with Crippen molar-refractivity contribution in [3.63, 3.8) is 0 Å². The molecule has 5 nitrogen and oxygen atoms in total. The largest absolute Gasteiger partial charge is 0.480 e. The smallest absolute Gasteiger partial charge is 0.320 e. The summed E-state index contributed by atoms with van der Waals surface area (Å²) in [5.41, 5.74) is 0. The van der Waals surface area contributed by atoms with Crippen LogP contribution >= 0.6 is 0 Å². The molecule has 0 spiro atoms. The SMILES string of the molecule is CCC(CC1CC1)NS(=O)(=O)CC(=O)O. The van der Waals surface area contributed by atoms with Crippen LogP contribution in [0.2, 0.25) is 0 Å². The number of carboxylic acid groups (broad SMARTS) is 1. The van der Waals surface area contributed by atoms with Crippen molar-refractivity contribution in [1.82, 2.24) is 4.72 Å². The maximum atomic E-state index is 11.3. The molecule has 0 radical (unpaired) electrons. The maximum Gasteiger partial charge on any atom is 0.320 e. The fourth-order valence-electron chi connectivity index (χ4n) is 1.51. The summed E-state index contributed by atoms with van der Waals surface area (Å²) in [7, 11) is -3.66. The molecule has 0 saturated heterocycles. The third kappa shape index (κ3) is 5.13. The molecule has 0 heterocycles. The van der Waals surface area contributed by atoms with Crippen molar-refractivity contribution in [2.24, 2.45) is 5.92 Å². The molecule has 0 aromatic carbocycles. The molecular weight excluding hydrogens is 218 g/mol. The van der Waals surface area contributed by atoms with Gasteiger partial charge in [-0.2, -0.15) is 0 Å². The predicted molar refractivity (Wildman–Crippen MR) is 56.0 cm³/mol. The molecule has 88 valence electrons. The molecule has 1 rings (SSSR count). The van der Waals surface area contributed by atoms with Crippen LogP contribution in [-0.4, -0.2) is 31.3 Å². The fraction of sp³-hybridized carbons (Fsp3) is 0.889. The van der Waals surface area contributed by atoms with Gasteiger partial charge < -0.3 is 5.11 Å². The lowest BCUT2D eigenvalue weighted by Crippen LogP contribution is -2.38. The zero-order valence-electron chi connectivity index (χ0n) is 8.77. The number of carboxylic acids is 1. The number of hydrogen-bond donors (Lipinski definition) is 2. The van der Waals surface area contributed by atoms with E-state index in [1.807, 2.05) is 6.92 Å². The lowest BCUT2D eigenvalue weighted by Gasteiger charge is -2.15. The summed E-state index contributed by atoms with van der Waals surface area (Å²) in [4.78, 5) is 10.3. The Morgan fingerprint density at radius 1 is 1.53 bits per heavy atom. The highest BCUT2D eigenvalue weighted by Crippen LogP contribution is 2.34. The van der Waals surface area contributed by atoms with Crippen molar-refractivity contribution in [3.05, 3.63) is 0 Å². The molecule has 15 heavy (non-hydrogen) atoms. The highest BCUT2D eigenvalue weighted by molar-refractivity contribution is 7.90. The van der Waals surface area contributed by atoms with Crippen molar-refractivity contribution in [2.45, 2.75) is 38.6 Å². The van der Waals surface area contributed by atoms with Gasteiger partial charge in [0.2, 0.25) is 10.0 Å². The second kappa shape index (κ2) is 4.94. The second-order valence-electron chi connectivity index (χ2n) is 4.05. The molecule has 1 fully saturated rings. The molecule has 2 N–H and O–H groups in total. The number of hydrogen-bond acceptors (Lipinski definition) is 3. The van der Waals surface area contributed by atoms with E-state index < -0.39 is 21.7 Å². The average Bonchev–Trinajstić information content (AvgIpc) is 2.83. The van der Waals surface area contributed by atoms with E-state index >= 15 is 0 Å². The van der Waals surface area contributed by atoms with E-state index in [4.69, 9.17) is 5.11 Å². The van der Waals surface area contributed by atoms with E-state index in [0.717, 1.165) is 19.3 Å². The zero-order chi connectivity index (χ0) is 11.5. The highest BCUT2D eigenvalue weighted by atomic mass is 32.2. The van der Waals surface area contributed by atoms with Gasteiger partial charge in [0.15, 0.2) is 5.75 Å². The molecule has 0 aromatic rings. The standard InChI is InChI=1S/C9H17NO4S/c1-2-8(5-7-3-4-7)10-15(13,14)6-9(11)12/h7-8,10H,2-6H2,1H3,(H,11,12). The summed E-state index contributed by atoms with van der Waals surface area (Å²) in [6.07, 6.45) is 3.86. The fourth-order valence-corrected chi connectivity index (χ4v) is 2.69. The Morgan fingerprint density at radius 3 is 2.53 bits per heavy atom. The van der Waals surface area contributed by atoms with Gasteiger partial charge in [-0.25, -0.2) is 13.1 Å². The summed E-state index contributed by atoms with van der Waals surface area (Å²) >= 11 is 0. The van der Waals surface area contributed by atoms with Crippen molar-refractivity contribution in [2.75, 3.05) is 5.75 Å². The van der Waals surface area contributed by atoms with E-state index in [9.17, 15) is 13.2 Å². The summed E-state index contributed by atoms with van der Waals surface area (Å²) in [5, 5.41) is 8.41. The molecule has 1 atom stereocenters. The lowest BCUT2D eigenvalue weighted by molar-refractivity contribution is -0.134. The molecule has 0 aliphatic heterocycles. The van der Waals surface area contributed by atoms with E-state index in [-0.39, 0.29) is 6.04 Å². The average molecular weight is 235 g/mol. The number of carbonyl (C=O) groups is 1. The summed E-state index contributed by atoms with van der Waals surface area (Å²) < 4.78 is 25.1. The molecule has 1 aliphatic rings. The number of aliphatic carboxylic acids is 1. The monoisotopic (exact) mass is 235 g/mol. The molecule has 1 aliphatic carbocycles. The molecule has 1 saturated carbocycles. The van der Waals surface area contributed by atoms with Crippen LogP contribution in [0.25, 0.3) is 0 Å². The quantitative estimate of drug-likeness (QED) is 0.675. The number of rotatable bonds is 7. The van der Waals surface area contributed by atoms with Crippen LogP contribution in [0.4, 0.5) is 0 Å². The van der Waals surface area contributed by atoms with E-state index in [2.05, 4.69) is 4.72 Å². The van der Waals surface area contributed by atoms with Crippen molar-refractivity contribution in [3.8, 4) is 0 Å². The molecule has 0 aromatic heterocycles. The Bertz CT molecular complexity index is 321. The van der Waals surface area contributed by atoms with Crippen molar-refractivity contribution < 1.29 is 18.3 Å². The number of sulfonamides is 1. The Kier molecular flexibility index (Phi) is 4.10. The van der Waals surface area contributed by atoms with Gasteiger partial charge in [-0.05, 0) is 18.8 Å². The third-order valence-corrected chi connectivity index (χ3v) is 3.79.